The van der Waals surface area contributed by atoms with Crippen LogP contribution in [0, 0.1) is 11.8 Å². The maximum Gasteiger partial charge on any atom is 0.310 e. The zero-order valence-electron chi connectivity index (χ0n) is 19.1. The summed E-state index contributed by atoms with van der Waals surface area (Å²) in [6, 6.07) is 7.87. The Labute approximate surface area is 193 Å². The van der Waals surface area contributed by atoms with Crippen LogP contribution in [-0.4, -0.2) is 74.2 Å². The van der Waals surface area contributed by atoms with Crippen LogP contribution in [0.4, 0.5) is 0 Å². The molecule has 178 valence electrons. The molecular weight excluding hydrogens is 424 g/mol. The van der Waals surface area contributed by atoms with Crippen molar-refractivity contribution in [1.82, 2.24) is 9.80 Å². The van der Waals surface area contributed by atoms with Crippen molar-refractivity contribution in [2.45, 2.75) is 62.9 Å². The molecule has 0 saturated carbocycles. The first kappa shape index (κ1) is 23.4. The largest absolute Gasteiger partial charge is 0.481 e. The Balaban J connectivity index is 1.78. The average molecular weight is 457 g/mol. The van der Waals surface area contributed by atoms with Crippen molar-refractivity contribution >= 4 is 17.8 Å². The number of amides is 2. The van der Waals surface area contributed by atoms with Crippen LogP contribution >= 0.6 is 0 Å². The van der Waals surface area contributed by atoms with Gasteiger partial charge in [0.15, 0.2) is 0 Å². The SMILES string of the molecule is C=CCN(Cc1ccccc1)C(=O)C1N([C@H](C)CO)C(=O)[C@@H]2[C@H](C(=O)O)[C@]3(CC)CCC12O3. The summed E-state index contributed by atoms with van der Waals surface area (Å²) in [5.74, 6) is -3.77. The first-order valence-electron chi connectivity index (χ1n) is 11.6. The molecule has 0 aromatic heterocycles. The lowest BCUT2D eigenvalue weighted by Gasteiger charge is -2.38. The standard InChI is InChI=1S/C25H32N2O6/c1-4-13-26(14-17-9-7-6-8-10-17)22(30)20-25-12-11-24(5-2,33-25)19(23(31)32)18(25)21(29)27(20)16(3)15-28/h4,6-10,16,18-20,28H,1,5,11-15H2,2-3H3,(H,31,32)/t16-,18+,19-,20?,24+,25?/m1/s1. The van der Waals surface area contributed by atoms with Crippen molar-refractivity contribution in [2.75, 3.05) is 13.2 Å². The van der Waals surface area contributed by atoms with E-state index < -0.39 is 47.0 Å². The monoisotopic (exact) mass is 456 g/mol. The number of aliphatic hydroxyl groups excluding tert-OH is 1. The lowest BCUT2D eigenvalue weighted by molar-refractivity contribution is -0.160. The zero-order valence-corrected chi connectivity index (χ0v) is 19.1. The molecule has 3 fully saturated rings. The third-order valence-corrected chi connectivity index (χ3v) is 7.74. The zero-order chi connectivity index (χ0) is 24.0. The molecule has 0 aliphatic carbocycles. The fourth-order valence-electron chi connectivity index (χ4n) is 6.24. The molecule has 1 aromatic carbocycles. The van der Waals surface area contributed by atoms with E-state index in [4.69, 9.17) is 4.74 Å². The smallest absolute Gasteiger partial charge is 0.310 e. The first-order chi connectivity index (χ1) is 15.8. The minimum Gasteiger partial charge on any atom is -0.481 e. The Kier molecular flexibility index (Phi) is 6.09. The quantitative estimate of drug-likeness (QED) is 0.549. The van der Waals surface area contributed by atoms with Crippen LogP contribution in [0.2, 0.25) is 0 Å². The number of carbonyl (C=O) groups excluding carboxylic acids is 2. The molecule has 3 heterocycles. The molecule has 2 N–H and O–H groups in total. The normalized spacial score (nSPS) is 33.1. The minimum absolute atomic E-state index is 0.266. The van der Waals surface area contributed by atoms with E-state index in [9.17, 15) is 24.6 Å². The number of ether oxygens (including phenoxy) is 1. The summed E-state index contributed by atoms with van der Waals surface area (Å²) < 4.78 is 6.50. The maximum atomic E-state index is 14.1. The second kappa shape index (κ2) is 8.57. The number of rotatable bonds is 9. The first-order valence-corrected chi connectivity index (χ1v) is 11.6. The van der Waals surface area contributed by atoms with Crippen molar-refractivity contribution < 1.29 is 29.3 Å². The summed E-state index contributed by atoms with van der Waals surface area (Å²) in [6.45, 7) is 7.57. The Hall–Kier alpha value is -2.71. The van der Waals surface area contributed by atoms with E-state index in [0.717, 1.165) is 5.56 Å². The molecule has 33 heavy (non-hydrogen) atoms. The van der Waals surface area contributed by atoms with Crippen molar-refractivity contribution in [3.8, 4) is 0 Å². The molecule has 1 spiro atoms. The number of aliphatic hydroxyl groups is 1. The number of hydrogen-bond donors (Lipinski definition) is 2. The number of aliphatic carboxylic acids is 1. The van der Waals surface area contributed by atoms with E-state index in [0.29, 0.717) is 25.8 Å². The minimum atomic E-state index is -1.22. The van der Waals surface area contributed by atoms with Gasteiger partial charge < -0.3 is 24.7 Å². The number of benzene rings is 1. The van der Waals surface area contributed by atoms with Gasteiger partial charge >= 0.3 is 5.97 Å². The molecule has 3 saturated heterocycles. The van der Waals surface area contributed by atoms with E-state index >= 15 is 0 Å². The number of carboxylic acid groups (broad SMARTS) is 1. The van der Waals surface area contributed by atoms with E-state index in [-0.39, 0.29) is 19.1 Å². The van der Waals surface area contributed by atoms with Gasteiger partial charge in [-0.2, -0.15) is 0 Å². The average Bonchev–Trinajstić information content (AvgIpc) is 3.42. The van der Waals surface area contributed by atoms with Crippen molar-refractivity contribution in [2.24, 2.45) is 11.8 Å². The highest BCUT2D eigenvalue weighted by atomic mass is 16.5. The van der Waals surface area contributed by atoms with Gasteiger partial charge in [0.2, 0.25) is 11.8 Å². The van der Waals surface area contributed by atoms with Gasteiger partial charge in [0.05, 0.1) is 24.2 Å². The third-order valence-electron chi connectivity index (χ3n) is 7.74. The van der Waals surface area contributed by atoms with Gasteiger partial charge in [-0.25, -0.2) is 0 Å². The van der Waals surface area contributed by atoms with Gasteiger partial charge in [0.25, 0.3) is 0 Å². The highest BCUT2D eigenvalue weighted by molar-refractivity contribution is 5.98. The summed E-state index contributed by atoms with van der Waals surface area (Å²) in [7, 11) is 0. The maximum absolute atomic E-state index is 14.1. The van der Waals surface area contributed by atoms with Crippen LogP contribution in [0.3, 0.4) is 0 Å². The summed E-state index contributed by atoms with van der Waals surface area (Å²) in [5.41, 5.74) is -1.24. The van der Waals surface area contributed by atoms with E-state index in [1.54, 1.807) is 17.9 Å². The van der Waals surface area contributed by atoms with Crippen molar-refractivity contribution in [3.63, 3.8) is 0 Å². The predicted octanol–water partition coefficient (Wildman–Crippen LogP) is 1.82. The molecule has 2 amide bonds. The molecule has 8 nitrogen and oxygen atoms in total. The number of carboxylic acids is 1. The Bertz CT molecular complexity index is 951. The van der Waals surface area contributed by atoms with E-state index in [1.165, 1.54) is 4.90 Å². The highest BCUT2D eigenvalue weighted by Crippen LogP contribution is 2.64. The van der Waals surface area contributed by atoms with Crippen LogP contribution in [0.5, 0.6) is 0 Å². The van der Waals surface area contributed by atoms with Crippen molar-refractivity contribution in [3.05, 3.63) is 48.6 Å². The lowest BCUT2D eigenvalue weighted by atomic mass is 9.65. The predicted molar refractivity (Wildman–Crippen MR) is 120 cm³/mol. The number of hydrogen-bond acceptors (Lipinski definition) is 5. The Morgan fingerprint density at radius 3 is 2.61 bits per heavy atom. The molecule has 3 aliphatic rings. The topological polar surface area (TPSA) is 107 Å². The molecule has 0 radical (unpaired) electrons. The van der Waals surface area contributed by atoms with Gasteiger partial charge in [-0.15, -0.1) is 6.58 Å². The molecule has 4 rings (SSSR count). The summed E-state index contributed by atoms with van der Waals surface area (Å²) in [5, 5.41) is 20.0. The lowest BCUT2D eigenvalue weighted by Crippen LogP contribution is -2.58. The van der Waals surface area contributed by atoms with Crippen LogP contribution in [0.1, 0.15) is 38.7 Å². The highest BCUT2D eigenvalue weighted by Gasteiger charge is 2.79. The van der Waals surface area contributed by atoms with E-state index in [1.807, 2.05) is 37.3 Å². The third kappa shape index (κ3) is 3.38. The van der Waals surface area contributed by atoms with Gasteiger partial charge in [-0.05, 0) is 31.7 Å². The molecule has 3 aliphatic heterocycles. The summed E-state index contributed by atoms with van der Waals surface area (Å²) >= 11 is 0. The van der Waals surface area contributed by atoms with Crippen LogP contribution < -0.4 is 0 Å². The Morgan fingerprint density at radius 1 is 1.33 bits per heavy atom. The second-order valence-electron chi connectivity index (χ2n) is 9.44. The number of carbonyl (C=O) groups is 3. The number of likely N-dealkylation sites (tertiary alicyclic amines) is 1. The van der Waals surface area contributed by atoms with Crippen molar-refractivity contribution in [1.29, 1.82) is 0 Å². The molecule has 6 atom stereocenters. The molecule has 2 bridgehead atoms. The van der Waals surface area contributed by atoms with Gasteiger partial charge in [-0.1, -0.05) is 43.3 Å². The fraction of sp³-hybridized carbons (Fsp3) is 0.560. The number of fused-ring (bicyclic) bond motifs is 1. The summed E-state index contributed by atoms with van der Waals surface area (Å²) in [4.78, 5) is 43.1. The molecule has 8 heteroatoms. The molecular formula is C25H32N2O6. The molecule has 1 aromatic rings. The van der Waals surface area contributed by atoms with Crippen LogP contribution in [0.15, 0.2) is 43.0 Å². The summed E-state index contributed by atoms with van der Waals surface area (Å²) in [6.07, 6.45) is 2.99. The van der Waals surface area contributed by atoms with Gasteiger partial charge in [0.1, 0.15) is 17.6 Å². The van der Waals surface area contributed by atoms with Gasteiger partial charge in [0, 0.05) is 13.1 Å². The fourth-order valence-corrected chi connectivity index (χ4v) is 6.24. The second-order valence-corrected chi connectivity index (χ2v) is 9.44. The van der Waals surface area contributed by atoms with Crippen LogP contribution in [0.25, 0.3) is 0 Å². The number of nitrogens with zero attached hydrogens (tertiary/aromatic N) is 2. The molecule has 2 unspecified atom stereocenters. The van der Waals surface area contributed by atoms with Gasteiger partial charge in [-0.3, -0.25) is 14.4 Å². The Morgan fingerprint density at radius 2 is 2.03 bits per heavy atom. The van der Waals surface area contributed by atoms with E-state index in [2.05, 4.69) is 6.58 Å². The van der Waals surface area contributed by atoms with Crippen LogP contribution in [-0.2, 0) is 25.7 Å².